The molecular formula is C2H5F3LiO4P. The van der Waals surface area contributed by atoms with Gasteiger partial charge in [0.05, 0.1) is 0 Å². The van der Waals surface area contributed by atoms with Crippen LogP contribution in [-0.2, 0) is 9.09 Å². The first kappa shape index (κ1) is 14.0. The normalized spacial score (nSPS) is 12.5. The van der Waals surface area contributed by atoms with Crippen molar-refractivity contribution in [1.29, 1.82) is 0 Å². The molecule has 0 aliphatic rings. The maximum absolute atomic E-state index is 11.1. The molecule has 64 valence electrons. The monoisotopic (exact) mass is 188 g/mol. The molecule has 0 aliphatic heterocycles. The second-order valence-electron chi connectivity index (χ2n) is 1.38. The molecular weight excluding hydrogens is 183 g/mol. The average Bonchev–Trinajstić information content (AvgIpc) is 1.57. The van der Waals surface area contributed by atoms with Crippen LogP contribution in [-0.4, -0.2) is 22.6 Å². The maximum Gasteiger partial charge on any atom is 1.00 e. The molecule has 0 bridgehead atoms. The molecule has 2 N–H and O–H groups in total. The molecule has 0 amide bonds. The molecule has 0 aliphatic carbocycles. The van der Waals surface area contributed by atoms with Gasteiger partial charge in [-0.05, 0) is 0 Å². The second-order valence-corrected chi connectivity index (χ2v) is 2.62. The second kappa shape index (κ2) is 4.51. The van der Waals surface area contributed by atoms with E-state index in [2.05, 4.69) is 4.52 Å². The third-order valence-corrected chi connectivity index (χ3v) is 0.862. The quantitative estimate of drug-likeness (QED) is 0.380. The zero-order valence-corrected chi connectivity index (χ0v) is 6.39. The SMILES string of the molecule is O=P(O)(O)OCC(F)(F)F.[H-].[Li+]. The van der Waals surface area contributed by atoms with Crippen LogP contribution >= 0.6 is 7.82 Å². The topological polar surface area (TPSA) is 66.8 Å². The standard InChI is InChI=1S/C2H4F3O4P.Li.H/c3-2(4,5)1-9-10(6,7)8;;/h1H2,(H2,6,7,8);;/q;+1;-1. The van der Waals surface area contributed by atoms with E-state index in [0.717, 1.165) is 0 Å². The number of phosphoric acid groups is 1. The van der Waals surface area contributed by atoms with Crippen LogP contribution in [0, 0.1) is 0 Å². The van der Waals surface area contributed by atoms with E-state index in [-0.39, 0.29) is 20.3 Å². The summed E-state index contributed by atoms with van der Waals surface area (Å²) in [5.41, 5.74) is 0. The minimum atomic E-state index is -4.98. The summed E-state index contributed by atoms with van der Waals surface area (Å²) < 4.78 is 46.1. The van der Waals surface area contributed by atoms with E-state index in [4.69, 9.17) is 9.79 Å². The summed E-state index contributed by atoms with van der Waals surface area (Å²) in [6.07, 6.45) is -4.71. The summed E-state index contributed by atoms with van der Waals surface area (Å²) in [6.45, 7) is -1.93. The molecule has 11 heavy (non-hydrogen) atoms. The summed E-state index contributed by atoms with van der Waals surface area (Å²) in [6, 6.07) is 0. The maximum atomic E-state index is 11.1. The zero-order valence-electron chi connectivity index (χ0n) is 6.50. The van der Waals surface area contributed by atoms with Crippen LogP contribution in [0.2, 0.25) is 0 Å². The number of halogens is 3. The predicted molar refractivity (Wildman–Crippen MR) is 25.2 cm³/mol. The van der Waals surface area contributed by atoms with Gasteiger partial charge in [0.25, 0.3) is 0 Å². The van der Waals surface area contributed by atoms with Crippen LogP contribution in [0.4, 0.5) is 13.2 Å². The van der Waals surface area contributed by atoms with Crippen molar-refractivity contribution in [3.05, 3.63) is 0 Å². The van der Waals surface area contributed by atoms with Gasteiger partial charge in [-0.15, -0.1) is 0 Å². The van der Waals surface area contributed by atoms with E-state index in [9.17, 15) is 17.7 Å². The molecule has 9 heteroatoms. The van der Waals surface area contributed by atoms with Gasteiger partial charge in [0.2, 0.25) is 0 Å². The van der Waals surface area contributed by atoms with Crippen molar-refractivity contribution < 1.29 is 52.3 Å². The predicted octanol–water partition coefficient (Wildman–Crippen LogP) is -2.23. The first-order valence-corrected chi connectivity index (χ1v) is 3.50. The molecule has 0 aromatic heterocycles. The minimum absolute atomic E-state index is 0. The van der Waals surface area contributed by atoms with Crippen LogP contribution in [0.1, 0.15) is 1.43 Å². The van der Waals surface area contributed by atoms with Gasteiger partial charge in [-0.3, -0.25) is 4.52 Å². The molecule has 0 saturated carbocycles. The smallest absolute Gasteiger partial charge is 1.00 e. The summed E-state index contributed by atoms with van der Waals surface area (Å²) >= 11 is 0. The molecule has 0 aromatic carbocycles. The van der Waals surface area contributed by atoms with E-state index < -0.39 is 20.6 Å². The number of hydrogen-bond acceptors (Lipinski definition) is 2. The van der Waals surface area contributed by atoms with Crippen molar-refractivity contribution in [1.82, 2.24) is 0 Å². The Hall–Kier alpha value is 0.497. The largest absolute Gasteiger partial charge is 1.00 e. The van der Waals surface area contributed by atoms with Crippen molar-refractivity contribution in [3.8, 4) is 0 Å². The van der Waals surface area contributed by atoms with E-state index in [0.29, 0.717) is 0 Å². The van der Waals surface area contributed by atoms with Crippen molar-refractivity contribution >= 4 is 7.82 Å². The molecule has 0 unspecified atom stereocenters. The molecule has 0 saturated heterocycles. The zero-order chi connectivity index (χ0) is 8.41. The van der Waals surface area contributed by atoms with Crippen LogP contribution in [0.15, 0.2) is 0 Å². The fourth-order valence-corrected chi connectivity index (χ4v) is 0.472. The fraction of sp³-hybridized carbons (Fsp3) is 1.00. The Kier molecular flexibility index (Phi) is 5.75. The molecule has 0 fully saturated rings. The number of hydrogen-bond donors (Lipinski definition) is 2. The van der Waals surface area contributed by atoms with Crippen molar-refractivity contribution in [2.75, 3.05) is 6.61 Å². The summed E-state index contributed by atoms with van der Waals surface area (Å²) in [5, 5.41) is 0. The van der Waals surface area contributed by atoms with Crippen LogP contribution in [0.5, 0.6) is 0 Å². The van der Waals surface area contributed by atoms with Gasteiger partial charge in [-0.25, -0.2) is 4.57 Å². The molecule has 0 atom stereocenters. The third kappa shape index (κ3) is 13.5. The third-order valence-electron chi connectivity index (χ3n) is 0.396. The number of rotatable bonds is 2. The molecule has 4 nitrogen and oxygen atoms in total. The van der Waals surface area contributed by atoms with Crippen LogP contribution in [0.3, 0.4) is 0 Å². The van der Waals surface area contributed by atoms with Gasteiger partial charge in [0, 0.05) is 0 Å². The Morgan fingerprint density at radius 2 is 1.82 bits per heavy atom. The minimum Gasteiger partial charge on any atom is -1.00 e. The molecule has 0 aromatic rings. The summed E-state index contributed by atoms with van der Waals surface area (Å²) in [5.74, 6) is 0. The number of phosphoric ester groups is 1. The Labute approximate surface area is 73.6 Å². The Morgan fingerprint density at radius 3 is 1.91 bits per heavy atom. The summed E-state index contributed by atoms with van der Waals surface area (Å²) in [4.78, 5) is 15.5. The Bertz CT molecular complexity index is 157. The van der Waals surface area contributed by atoms with Crippen LogP contribution < -0.4 is 18.9 Å². The average molecular weight is 188 g/mol. The Morgan fingerprint density at radius 1 is 1.45 bits per heavy atom. The van der Waals surface area contributed by atoms with E-state index in [1.165, 1.54) is 0 Å². The van der Waals surface area contributed by atoms with Crippen molar-refractivity contribution in [3.63, 3.8) is 0 Å². The van der Waals surface area contributed by atoms with Gasteiger partial charge in [0.15, 0.2) is 6.61 Å². The van der Waals surface area contributed by atoms with E-state index in [1.807, 2.05) is 0 Å². The van der Waals surface area contributed by atoms with Gasteiger partial charge in [-0.1, -0.05) is 0 Å². The molecule has 0 radical (unpaired) electrons. The van der Waals surface area contributed by atoms with Gasteiger partial charge < -0.3 is 11.2 Å². The first-order chi connectivity index (χ1) is 4.21. The molecule has 0 rings (SSSR count). The van der Waals surface area contributed by atoms with E-state index >= 15 is 0 Å². The number of alkyl halides is 3. The van der Waals surface area contributed by atoms with E-state index in [1.54, 1.807) is 0 Å². The molecule has 0 spiro atoms. The van der Waals surface area contributed by atoms with Crippen molar-refractivity contribution in [2.24, 2.45) is 0 Å². The van der Waals surface area contributed by atoms with Crippen LogP contribution in [0.25, 0.3) is 0 Å². The van der Waals surface area contributed by atoms with Gasteiger partial charge in [0.1, 0.15) is 0 Å². The first-order valence-electron chi connectivity index (χ1n) is 1.97. The van der Waals surface area contributed by atoms with Crippen molar-refractivity contribution in [2.45, 2.75) is 6.18 Å². The summed E-state index contributed by atoms with van der Waals surface area (Å²) in [7, 11) is -4.98. The fourth-order valence-electron chi connectivity index (χ4n) is 0.157. The van der Waals surface area contributed by atoms with Gasteiger partial charge >= 0.3 is 32.9 Å². The Balaban J connectivity index is -0.000000405. The molecule has 0 heterocycles. The van der Waals surface area contributed by atoms with Gasteiger partial charge in [-0.2, -0.15) is 13.2 Å².